The Bertz CT molecular complexity index is 576. The van der Waals surface area contributed by atoms with Gasteiger partial charge in [0.15, 0.2) is 9.84 Å². The van der Waals surface area contributed by atoms with Crippen LogP contribution in [0.15, 0.2) is 29.2 Å². The highest BCUT2D eigenvalue weighted by atomic mass is 32.2. The molecule has 1 saturated carbocycles. The van der Waals surface area contributed by atoms with Crippen molar-refractivity contribution in [3.05, 3.63) is 24.3 Å². The molecule has 0 aliphatic heterocycles. The Morgan fingerprint density at radius 3 is 2.38 bits per heavy atom. The fourth-order valence-electron chi connectivity index (χ4n) is 3.41. The van der Waals surface area contributed by atoms with Crippen LogP contribution < -0.4 is 5.32 Å². The lowest BCUT2D eigenvalue weighted by Crippen LogP contribution is -2.37. The fraction of sp³-hybridized carbons (Fsp3) is 0.625. The lowest BCUT2D eigenvalue weighted by Gasteiger charge is -2.33. The van der Waals surface area contributed by atoms with Crippen molar-refractivity contribution < 1.29 is 8.42 Å². The number of para-hydroxylation sites is 1. The predicted molar refractivity (Wildman–Crippen MR) is 87.5 cm³/mol. The number of anilines is 1. The highest BCUT2D eigenvalue weighted by Gasteiger charge is 2.34. The van der Waals surface area contributed by atoms with E-state index in [0.717, 1.165) is 18.8 Å². The Morgan fingerprint density at radius 1 is 1.19 bits per heavy atom. The summed E-state index contributed by atoms with van der Waals surface area (Å²) >= 11 is 0. The standard InChI is InChI=1S/C16H26N2O2S/c1-18(2)13-16(10-6-7-11-16)12-17-14-8-4-5-9-15(14)21(3,19)20/h4-5,8-9,17H,6-7,10-13H2,1-3H3. The zero-order chi connectivity index (χ0) is 15.5. The van der Waals surface area contributed by atoms with Crippen molar-refractivity contribution in [3.8, 4) is 0 Å². The average Bonchev–Trinajstić information content (AvgIpc) is 2.84. The number of hydrogen-bond donors (Lipinski definition) is 1. The molecule has 1 aromatic carbocycles. The number of rotatable bonds is 6. The minimum absolute atomic E-state index is 0.258. The molecule has 4 nitrogen and oxygen atoms in total. The van der Waals surface area contributed by atoms with Gasteiger partial charge in [-0.15, -0.1) is 0 Å². The molecule has 0 heterocycles. The van der Waals surface area contributed by atoms with Crippen molar-refractivity contribution >= 4 is 15.5 Å². The van der Waals surface area contributed by atoms with Gasteiger partial charge in [-0.05, 0) is 39.1 Å². The molecule has 2 rings (SSSR count). The third-order valence-electron chi connectivity index (χ3n) is 4.26. The third kappa shape index (κ3) is 4.20. The zero-order valence-electron chi connectivity index (χ0n) is 13.2. The van der Waals surface area contributed by atoms with Crippen molar-refractivity contribution in [2.75, 3.05) is 38.8 Å². The largest absolute Gasteiger partial charge is 0.383 e. The summed E-state index contributed by atoms with van der Waals surface area (Å²) in [5.74, 6) is 0. The van der Waals surface area contributed by atoms with Gasteiger partial charge in [-0.2, -0.15) is 0 Å². The van der Waals surface area contributed by atoms with E-state index in [0.29, 0.717) is 4.90 Å². The van der Waals surface area contributed by atoms with Gasteiger partial charge in [0.1, 0.15) is 0 Å². The van der Waals surface area contributed by atoms with Crippen LogP contribution in [0.3, 0.4) is 0 Å². The van der Waals surface area contributed by atoms with Gasteiger partial charge in [0.05, 0.1) is 10.6 Å². The van der Waals surface area contributed by atoms with E-state index in [1.54, 1.807) is 12.1 Å². The van der Waals surface area contributed by atoms with E-state index in [1.807, 2.05) is 12.1 Å². The van der Waals surface area contributed by atoms with Crippen molar-refractivity contribution in [3.63, 3.8) is 0 Å². The molecule has 5 heteroatoms. The molecule has 0 atom stereocenters. The predicted octanol–water partition coefficient (Wildman–Crippen LogP) is 2.62. The number of sulfone groups is 1. The number of nitrogens with one attached hydrogen (secondary N) is 1. The number of benzene rings is 1. The zero-order valence-corrected chi connectivity index (χ0v) is 14.0. The van der Waals surface area contributed by atoms with Gasteiger partial charge in [-0.25, -0.2) is 8.42 Å². The quantitative estimate of drug-likeness (QED) is 0.877. The molecule has 0 saturated heterocycles. The van der Waals surface area contributed by atoms with Crippen LogP contribution >= 0.6 is 0 Å². The second-order valence-corrected chi connectivity index (χ2v) is 8.55. The molecule has 21 heavy (non-hydrogen) atoms. The first-order valence-electron chi connectivity index (χ1n) is 7.50. The second kappa shape index (κ2) is 6.36. The van der Waals surface area contributed by atoms with E-state index in [-0.39, 0.29) is 5.41 Å². The molecule has 0 amide bonds. The summed E-state index contributed by atoms with van der Waals surface area (Å²) in [7, 11) is 1.01. The number of hydrogen-bond acceptors (Lipinski definition) is 4. The molecule has 0 radical (unpaired) electrons. The normalized spacial score (nSPS) is 18.1. The molecular weight excluding hydrogens is 284 g/mol. The molecule has 1 fully saturated rings. The first kappa shape index (κ1) is 16.3. The Morgan fingerprint density at radius 2 is 1.81 bits per heavy atom. The van der Waals surface area contributed by atoms with Crippen molar-refractivity contribution in [1.29, 1.82) is 0 Å². The molecule has 118 valence electrons. The van der Waals surface area contributed by atoms with Crippen LogP contribution in [0.4, 0.5) is 5.69 Å². The molecule has 0 unspecified atom stereocenters. The van der Waals surface area contributed by atoms with Crippen LogP contribution in [-0.2, 0) is 9.84 Å². The van der Waals surface area contributed by atoms with E-state index >= 15 is 0 Å². The van der Waals surface area contributed by atoms with E-state index in [9.17, 15) is 8.42 Å². The Kier molecular flexibility index (Phi) is 4.94. The summed E-state index contributed by atoms with van der Waals surface area (Å²) in [5.41, 5.74) is 0.985. The summed E-state index contributed by atoms with van der Waals surface area (Å²) in [5, 5.41) is 3.40. The van der Waals surface area contributed by atoms with Crippen molar-refractivity contribution in [2.24, 2.45) is 5.41 Å². The molecule has 0 aromatic heterocycles. The summed E-state index contributed by atoms with van der Waals surface area (Å²) < 4.78 is 23.7. The first-order chi connectivity index (χ1) is 9.82. The third-order valence-corrected chi connectivity index (χ3v) is 5.41. The molecule has 1 aliphatic carbocycles. The van der Waals surface area contributed by atoms with Crippen molar-refractivity contribution in [1.82, 2.24) is 4.90 Å². The van der Waals surface area contributed by atoms with Crippen LogP contribution in [0.1, 0.15) is 25.7 Å². The van der Waals surface area contributed by atoms with E-state index in [2.05, 4.69) is 24.3 Å². The molecule has 1 N–H and O–H groups in total. The van der Waals surface area contributed by atoms with Gasteiger partial charge in [-0.1, -0.05) is 25.0 Å². The fourth-order valence-corrected chi connectivity index (χ4v) is 4.27. The average molecular weight is 310 g/mol. The Balaban J connectivity index is 2.15. The lowest BCUT2D eigenvalue weighted by molar-refractivity contribution is 0.215. The summed E-state index contributed by atoms with van der Waals surface area (Å²) in [6, 6.07) is 7.18. The van der Waals surface area contributed by atoms with Crippen LogP contribution in [0.25, 0.3) is 0 Å². The summed E-state index contributed by atoms with van der Waals surface area (Å²) in [4.78, 5) is 2.62. The van der Waals surface area contributed by atoms with E-state index in [1.165, 1.54) is 31.9 Å². The van der Waals surface area contributed by atoms with Gasteiger partial charge in [0, 0.05) is 24.8 Å². The second-order valence-electron chi connectivity index (χ2n) is 6.57. The van der Waals surface area contributed by atoms with Gasteiger partial charge in [0.25, 0.3) is 0 Å². The smallest absolute Gasteiger partial charge is 0.177 e. The highest BCUT2D eigenvalue weighted by molar-refractivity contribution is 7.90. The van der Waals surface area contributed by atoms with Gasteiger partial charge < -0.3 is 10.2 Å². The molecule has 0 bridgehead atoms. The van der Waals surface area contributed by atoms with Crippen LogP contribution in [0.5, 0.6) is 0 Å². The Labute approximate surface area is 128 Å². The molecule has 0 spiro atoms. The minimum Gasteiger partial charge on any atom is -0.383 e. The van der Waals surface area contributed by atoms with Gasteiger partial charge in [-0.3, -0.25) is 0 Å². The van der Waals surface area contributed by atoms with Gasteiger partial charge in [0.2, 0.25) is 0 Å². The maximum atomic E-state index is 11.9. The summed E-state index contributed by atoms with van der Waals surface area (Å²) in [6.45, 7) is 1.87. The molecule has 1 aliphatic rings. The molecule has 1 aromatic rings. The van der Waals surface area contributed by atoms with E-state index in [4.69, 9.17) is 0 Å². The first-order valence-corrected chi connectivity index (χ1v) is 9.39. The number of nitrogens with zero attached hydrogens (tertiary/aromatic N) is 1. The molecular formula is C16H26N2O2S. The maximum absolute atomic E-state index is 11.9. The van der Waals surface area contributed by atoms with Gasteiger partial charge >= 0.3 is 0 Å². The monoisotopic (exact) mass is 310 g/mol. The van der Waals surface area contributed by atoms with Crippen LogP contribution in [0.2, 0.25) is 0 Å². The highest BCUT2D eigenvalue weighted by Crippen LogP contribution is 2.39. The Hall–Kier alpha value is -1.07. The van der Waals surface area contributed by atoms with E-state index < -0.39 is 9.84 Å². The van der Waals surface area contributed by atoms with Crippen molar-refractivity contribution in [2.45, 2.75) is 30.6 Å². The maximum Gasteiger partial charge on any atom is 0.177 e. The lowest BCUT2D eigenvalue weighted by atomic mass is 9.85. The van der Waals surface area contributed by atoms with Crippen LogP contribution in [-0.4, -0.2) is 46.8 Å². The SMILES string of the molecule is CN(C)CC1(CNc2ccccc2S(C)(=O)=O)CCCC1. The topological polar surface area (TPSA) is 49.4 Å². The van der Waals surface area contributed by atoms with Crippen LogP contribution in [0, 0.1) is 5.41 Å². The summed E-state index contributed by atoms with van der Waals surface area (Å²) in [6.07, 6.45) is 6.21. The minimum atomic E-state index is -3.19.